The minimum absolute atomic E-state index is 0.509. The second-order valence-electron chi connectivity index (χ2n) is 2.87. The molecule has 1 aromatic carbocycles. The van der Waals surface area contributed by atoms with Crippen molar-refractivity contribution < 1.29 is 9.53 Å². The Hall–Kier alpha value is -1.40. The minimum atomic E-state index is -0.509. The number of benzene rings is 1. The first-order valence-corrected chi connectivity index (χ1v) is 5.83. The fourth-order valence-corrected chi connectivity index (χ4v) is 1.59. The van der Waals surface area contributed by atoms with Crippen LogP contribution in [-0.4, -0.2) is 19.3 Å². The number of thioether (sulfide) groups is 1. The summed E-state index contributed by atoms with van der Waals surface area (Å²) in [5.41, 5.74) is 2.05. The van der Waals surface area contributed by atoms with E-state index in [1.807, 2.05) is 30.5 Å². The van der Waals surface area contributed by atoms with Crippen LogP contribution in [0, 0.1) is 11.8 Å². The van der Waals surface area contributed by atoms with Gasteiger partial charge >= 0.3 is 5.97 Å². The quantitative estimate of drug-likeness (QED) is 0.564. The molecule has 0 aromatic heterocycles. The molecule has 0 N–H and O–H groups in total. The molecule has 78 valence electrons. The van der Waals surface area contributed by atoms with Gasteiger partial charge in [-0.1, -0.05) is 18.1 Å². The molecule has 0 heterocycles. The summed E-state index contributed by atoms with van der Waals surface area (Å²) >= 11 is 1.75. The predicted molar refractivity (Wildman–Crippen MR) is 62.6 cm³/mol. The number of hydrogen-bond acceptors (Lipinski definition) is 3. The zero-order chi connectivity index (χ0) is 11.1. The van der Waals surface area contributed by atoms with E-state index in [1.165, 1.54) is 12.7 Å². The minimum Gasteiger partial charge on any atom is -0.459 e. The molecule has 0 saturated carbocycles. The fourth-order valence-electron chi connectivity index (χ4n) is 1.08. The predicted octanol–water partition coefficient (Wildman–Crippen LogP) is 2.07. The molecular formula is C12H12O2S. The first-order valence-electron chi connectivity index (χ1n) is 4.44. The van der Waals surface area contributed by atoms with Gasteiger partial charge in [0, 0.05) is 17.2 Å². The maximum atomic E-state index is 10.8. The Morgan fingerprint density at radius 1 is 1.53 bits per heavy atom. The van der Waals surface area contributed by atoms with Gasteiger partial charge in [-0.05, 0) is 24.0 Å². The lowest BCUT2D eigenvalue weighted by Gasteiger charge is -1.97. The number of rotatable bonds is 2. The van der Waals surface area contributed by atoms with Gasteiger partial charge in [-0.2, -0.15) is 11.8 Å². The molecule has 0 aliphatic heterocycles. The van der Waals surface area contributed by atoms with Gasteiger partial charge in [-0.15, -0.1) is 0 Å². The van der Waals surface area contributed by atoms with Gasteiger partial charge in [0.2, 0.25) is 0 Å². The van der Waals surface area contributed by atoms with Crippen LogP contribution in [0.3, 0.4) is 0 Å². The molecule has 0 amide bonds. The SMILES string of the molecule is COC(=O)C#Cc1cccc(CSC)c1. The van der Waals surface area contributed by atoms with Crippen molar-refractivity contribution in [3.8, 4) is 11.8 Å². The highest BCUT2D eigenvalue weighted by Gasteiger charge is 1.94. The van der Waals surface area contributed by atoms with Crippen molar-refractivity contribution in [2.45, 2.75) is 5.75 Å². The van der Waals surface area contributed by atoms with E-state index in [-0.39, 0.29) is 0 Å². The highest BCUT2D eigenvalue weighted by atomic mass is 32.2. The normalized spacial score (nSPS) is 8.93. The molecular weight excluding hydrogens is 208 g/mol. The molecule has 0 aliphatic rings. The number of methoxy groups -OCH3 is 1. The third-order valence-corrected chi connectivity index (χ3v) is 2.35. The second-order valence-corrected chi connectivity index (χ2v) is 3.74. The molecule has 0 saturated heterocycles. The Labute approximate surface area is 94.0 Å². The number of carbonyl (C=O) groups excluding carboxylic acids is 1. The third kappa shape index (κ3) is 4.09. The van der Waals surface area contributed by atoms with Crippen molar-refractivity contribution in [2.75, 3.05) is 13.4 Å². The molecule has 0 unspecified atom stereocenters. The smallest absolute Gasteiger partial charge is 0.384 e. The Morgan fingerprint density at radius 2 is 2.33 bits per heavy atom. The Kier molecular flexibility index (Phi) is 4.79. The molecule has 0 spiro atoms. The summed E-state index contributed by atoms with van der Waals surface area (Å²) in [4.78, 5) is 10.8. The largest absolute Gasteiger partial charge is 0.459 e. The first-order chi connectivity index (χ1) is 7.26. The lowest BCUT2D eigenvalue weighted by atomic mass is 10.1. The van der Waals surface area contributed by atoms with Crippen LogP contribution < -0.4 is 0 Å². The van der Waals surface area contributed by atoms with E-state index in [1.54, 1.807) is 11.8 Å². The number of esters is 1. The summed E-state index contributed by atoms with van der Waals surface area (Å²) in [6.45, 7) is 0. The number of hydrogen-bond donors (Lipinski definition) is 0. The van der Waals surface area contributed by atoms with E-state index in [4.69, 9.17) is 0 Å². The Bertz CT molecular complexity index is 402. The molecule has 0 bridgehead atoms. The monoisotopic (exact) mass is 220 g/mol. The summed E-state index contributed by atoms with van der Waals surface area (Å²) in [6, 6.07) is 7.83. The first kappa shape index (κ1) is 11.7. The summed E-state index contributed by atoms with van der Waals surface area (Å²) < 4.78 is 4.43. The van der Waals surface area contributed by atoms with E-state index in [9.17, 15) is 4.79 Å². The van der Waals surface area contributed by atoms with Crippen LogP contribution in [0.1, 0.15) is 11.1 Å². The van der Waals surface area contributed by atoms with E-state index in [2.05, 4.69) is 16.6 Å². The van der Waals surface area contributed by atoms with Crippen molar-refractivity contribution in [1.29, 1.82) is 0 Å². The lowest BCUT2D eigenvalue weighted by Crippen LogP contribution is -1.94. The molecule has 0 aliphatic carbocycles. The van der Waals surface area contributed by atoms with Crippen LogP contribution in [0.2, 0.25) is 0 Å². The van der Waals surface area contributed by atoms with Crippen LogP contribution >= 0.6 is 11.8 Å². The van der Waals surface area contributed by atoms with Gasteiger partial charge in [0.05, 0.1) is 7.11 Å². The van der Waals surface area contributed by atoms with Crippen molar-refractivity contribution in [2.24, 2.45) is 0 Å². The molecule has 15 heavy (non-hydrogen) atoms. The van der Waals surface area contributed by atoms with Crippen LogP contribution in [-0.2, 0) is 15.3 Å². The van der Waals surface area contributed by atoms with E-state index in [0.717, 1.165) is 11.3 Å². The van der Waals surface area contributed by atoms with Crippen molar-refractivity contribution >= 4 is 17.7 Å². The molecule has 0 radical (unpaired) electrons. The topological polar surface area (TPSA) is 26.3 Å². The van der Waals surface area contributed by atoms with E-state index < -0.39 is 5.97 Å². The van der Waals surface area contributed by atoms with Crippen LogP contribution in [0.25, 0.3) is 0 Å². The molecule has 0 fully saturated rings. The standard InChI is InChI=1S/C12H12O2S/c1-14-12(13)7-6-10-4-3-5-11(8-10)9-15-2/h3-5,8H,9H2,1-2H3. The summed E-state index contributed by atoms with van der Waals surface area (Å²) in [5, 5.41) is 0. The molecule has 3 heteroatoms. The van der Waals surface area contributed by atoms with Gasteiger partial charge in [-0.25, -0.2) is 4.79 Å². The molecule has 1 rings (SSSR count). The molecule has 2 nitrogen and oxygen atoms in total. The average Bonchev–Trinajstić information content (AvgIpc) is 2.27. The second kappa shape index (κ2) is 6.15. The van der Waals surface area contributed by atoms with Crippen LogP contribution in [0.4, 0.5) is 0 Å². The van der Waals surface area contributed by atoms with E-state index in [0.29, 0.717) is 0 Å². The van der Waals surface area contributed by atoms with Crippen LogP contribution in [0.15, 0.2) is 24.3 Å². The van der Waals surface area contributed by atoms with Gasteiger partial charge in [-0.3, -0.25) is 0 Å². The number of carbonyl (C=O) groups is 1. The highest BCUT2D eigenvalue weighted by Crippen LogP contribution is 2.10. The summed E-state index contributed by atoms with van der Waals surface area (Å²) in [7, 11) is 1.32. The Morgan fingerprint density at radius 3 is 3.00 bits per heavy atom. The fraction of sp³-hybridized carbons (Fsp3) is 0.250. The van der Waals surface area contributed by atoms with Gasteiger partial charge in [0.25, 0.3) is 0 Å². The molecule has 0 atom stereocenters. The molecule has 1 aromatic rings. The number of ether oxygens (including phenoxy) is 1. The summed E-state index contributed by atoms with van der Waals surface area (Å²) in [5.74, 6) is 5.60. The van der Waals surface area contributed by atoms with Crippen molar-refractivity contribution in [1.82, 2.24) is 0 Å². The van der Waals surface area contributed by atoms with Crippen molar-refractivity contribution in [3.05, 3.63) is 35.4 Å². The maximum Gasteiger partial charge on any atom is 0.384 e. The zero-order valence-corrected chi connectivity index (χ0v) is 9.56. The van der Waals surface area contributed by atoms with Gasteiger partial charge in [0.15, 0.2) is 0 Å². The highest BCUT2D eigenvalue weighted by molar-refractivity contribution is 7.97. The summed E-state index contributed by atoms with van der Waals surface area (Å²) in [6.07, 6.45) is 2.05. The zero-order valence-electron chi connectivity index (χ0n) is 8.74. The van der Waals surface area contributed by atoms with Crippen LogP contribution in [0.5, 0.6) is 0 Å². The van der Waals surface area contributed by atoms with E-state index >= 15 is 0 Å². The average molecular weight is 220 g/mol. The third-order valence-electron chi connectivity index (χ3n) is 1.73. The van der Waals surface area contributed by atoms with Gasteiger partial charge < -0.3 is 4.74 Å². The Balaban J connectivity index is 2.80. The van der Waals surface area contributed by atoms with Crippen molar-refractivity contribution in [3.63, 3.8) is 0 Å². The lowest BCUT2D eigenvalue weighted by molar-refractivity contribution is -0.133. The maximum absolute atomic E-state index is 10.8. The van der Waals surface area contributed by atoms with Gasteiger partial charge in [0.1, 0.15) is 0 Å².